The number of hydrogen-bond donors (Lipinski definition) is 1. The molecule has 0 bridgehead atoms. The molecule has 3 nitrogen and oxygen atoms in total. The standard InChI is InChI=1S/C19H12F3NO2/c20-19(21,22)15-8-3-5-13(11-15)6-4-10-23-18(24)17-12-14-7-1-2-9-16(14)25-17/h1-3,5,7-9,11-12H,10H2,(H,23,24). The van der Waals surface area contributed by atoms with Gasteiger partial charge < -0.3 is 9.73 Å². The molecule has 1 aromatic heterocycles. The molecule has 0 saturated heterocycles. The van der Waals surface area contributed by atoms with Gasteiger partial charge in [0.2, 0.25) is 0 Å². The van der Waals surface area contributed by atoms with Crippen LogP contribution in [0.25, 0.3) is 11.0 Å². The number of halogens is 3. The van der Waals surface area contributed by atoms with Gasteiger partial charge in [-0.05, 0) is 30.3 Å². The van der Waals surface area contributed by atoms with Gasteiger partial charge in [0.25, 0.3) is 5.91 Å². The van der Waals surface area contributed by atoms with Crippen molar-refractivity contribution >= 4 is 16.9 Å². The number of furan rings is 1. The van der Waals surface area contributed by atoms with E-state index in [1.54, 1.807) is 18.2 Å². The molecular weight excluding hydrogens is 331 g/mol. The minimum absolute atomic E-state index is 0.00781. The monoisotopic (exact) mass is 343 g/mol. The van der Waals surface area contributed by atoms with E-state index in [1.807, 2.05) is 12.1 Å². The van der Waals surface area contributed by atoms with E-state index in [9.17, 15) is 18.0 Å². The van der Waals surface area contributed by atoms with Crippen molar-refractivity contribution in [3.05, 3.63) is 71.5 Å². The topological polar surface area (TPSA) is 42.2 Å². The van der Waals surface area contributed by atoms with Gasteiger partial charge in [-0.15, -0.1) is 0 Å². The summed E-state index contributed by atoms with van der Waals surface area (Å²) in [5.41, 5.74) is 0.0705. The maximum Gasteiger partial charge on any atom is 0.416 e. The van der Waals surface area contributed by atoms with Gasteiger partial charge in [0.05, 0.1) is 12.1 Å². The van der Waals surface area contributed by atoms with E-state index in [4.69, 9.17) is 4.42 Å². The number of nitrogens with one attached hydrogen (secondary N) is 1. The molecule has 0 atom stereocenters. The van der Waals surface area contributed by atoms with Crippen molar-refractivity contribution in [3.8, 4) is 11.8 Å². The van der Waals surface area contributed by atoms with E-state index >= 15 is 0 Å². The SMILES string of the molecule is O=C(NCC#Cc1cccc(C(F)(F)F)c1)c1cc2ccccc2o1. The summed E-state index contributed by atoms with van der Waals surface area (Å²) in [7, 11) is 0. The zero-order valence-electron chi connectivity index (χ0n) is 12.9. The van der Waals surface area contributed by atoms with Crippen LogP contribution in [0.3, 0.4) is 0 Å². The number of para-hydroxylation sites is 1. The molecular formula is C19H12F3NO2. The zero-order chi connectivity index (χ0) is 17.9. The average Bonchev–Trinajstić information content (AvgIpc) is 3.02. The van der Waals surface area contributed by atoms with Gasteiger partial charge in [0, 0.05) is 10.9 Å². The first-order valence-corrected chi connectivity index (χ1v) is 7.36. The number of carbonyl (C=O) groups excluding carboxylic acids is 1. The molecule has 0 radical (unpaired) electrons. The van der Waals surface area contributed by atoms with E-state index < -0.39 is 17.6 Å². The highest BCUT2D eigenvalue weighted by atomic mass is 19.4. The molecule has 1 N–H and O–H groups in total. The lowest BCUT2D eigenvalue weighted by atomic mass is 10.1. The van der Waals surface area contributed by atoms with Crippen LogP contribution in [-0.4, -0.2) is 12.5 Å². The predicted octanol–water partition coefficient (Wildman–Crippen LogP) is 4.23. The Morgan fingerprint density at radius 3 is 2.64 bits per heavy atom. The van der Waals surface area contributed by atoms with E-state index in [-0.39, 0.29) is 17.9 Å². The largest absolute Gasteiger partial charge is 0.451 e. The van der Waals surface area contributed by atoms with Crippen LogP contribution in [0, 0.1) is 11.8 Å². The first kappa shape index (κ1) is 16.7. The number of hydrogen-bond acceptors (Lipinski definition) is 2. The Hall–Kier alpha value is -3.20. The number of rotatable bonds is 2. The van der Waals surface area contributed by atoms with E-state index in [0.717, 1.165) is 17.5 Å². The van der Waals surface area contributed by atoms with Gasteiger partial charge in [-0.25, -0.2) is 0 Å². The minimum Gasteiger partial charge on any atom is -0.451 e. The third-order valence-corrected chi connectivity index (χ3v) is 3.41. The summed E-state index contributed by atoms with van der Waals surface area (Å²) in [6.45, 7) is -0.00781. The molecule has 126 valence electrons. The van der Waals surface area contributed by atoms with Crippen LogP contribution in [0.1, 0.15) is 21.7 Å². The third-order valence-electron chi connectivity index (χ3n) is 3.41. The molecule has 0 spiro atoms. The van der Waals surface area contributed by atoms with Gasteiger partial charge in [-0.1, -0.05) is 36.1 Å². The molecule has 0 unspecified atom stereocenters. The van der Waals surface area contributed by atoms with Crippen molar-refractivity contribution in [1.82, 2.24) is 5.32 Å². The third kappa shape index (κ3) is 4.01. The van der Waals surface area contributed by atoms with E-state index in [0.29, 0.717) is 5.58 Å². The minimum atomic E-state index is -4.41. The zero-order valence-corrected chi connectivity index (χ0v) is 12.9. The average molecular weight is 343 g/mol. The van der Waals surface area contributed by atoms with Gasteiger partial charge in [-0.3, -0.25) is 4.79 Å². The normalized spacial score (nSPS) is 11.0. The summed E-state index contributed by atoms with van der Waals surface area (Å²) in [5, 5.41) is 3.35. The summed E-state index contributed by atoms with van der Waals surface area (Å²) in [5.74, 6) is 4.94. The second-order valence-corrected chi connectivity index (χ2v) is 5.21. The summed E-state index contributed by atoms with van der Waals surface area (Å²) in [4.78, 5) is 12.0. The number of benzene rings is 2. The van der Waals surface area contributed by atoms with Crippen molar-refractivity contribution in [3.63, 3.8) is 0 Å². The lowest BCUT2D eigenvalue weighted by molar-refractivity contribution is -0.137. The van der Waals surface area contributed by atoms with Gasteiger partial charge in [-0.2, -0.15) is 13.2 Å². The maximum atomic E-state index is 12.6. The smallest absolute Gasteiger partial charge is 0.416 e. The second kappa shape index (κ2) is 6.73. The van der Waals surface area contributed by atoms with Crippen LogP contribution in [0.15, 0.2) is 59.0 Å². The Morgan fingerprint density at radius 1 is 1.08 bits per heavy atom. The highest BCUT2D eigenvalue weighted by Gasteiger charge is 2.30. The fourth-order valence-corrected chi connectivity index (χ4v) is 2.22. The number of carbonyl (C=O) groups is 1. The van der Waals surface area contributed by atoms with E-state index in [2.05, 4.69) is 17.2 Å². The molecule has 3 aromatic rings. The summed E-state index contributed by atoms with van der Waals surface area (Å²) in [6, 6.07) is 13.5. The van der Waals surface area contributed by atoms with Crippen LogP contribution in [0.5, 0.6) is 0 Å². The molecule has 1 amide bonds. The fraction of sp³-hybridized carbons (Fsp3) is 0.105. The quantitative estimate of drug-likeness (QED) is 0.708. The van der Waals surface area contributed by atoms with Gasteiger partial charge in [0.15, 0.2) is 5.76 Å². The van der Waals surface area contributed by atoms with Crippen molar-refractivity contribution < 1.29 is 22.4 Å². The number of amides is 1. The molecule has 6 heteroatoms. The molecule has 0 saturated carbocycles. The van der Waals surface area contributed by atoms with Crippen LogP contribution in [0.4, 0.5) is 13.2 Å². The van der Waals surface area contributed by atoms with Crippen molar-refractivity contribution in [2.45, 2.75) is 6.18 Å². The highest BCUT2D eigenvalue weighted by Crippen LogP contribution is 2.29. The van der Waals surface area contributed by atoms with Crippen LogP contribution in [-0.2, 0) is 6.18 Å². The molecule has 3 rings (SSSR count). The van der Waals surface area contributed by atoms with Crippen LogP contribution < -0.4 is 5.32 Å². The molecule has 25 heavy (non-hydrogen) atoms. The summed E-state index contributed by atoms with van der Waals surface area (Å²) in [6.07, 6.45) is -4.41. The van der Waals surface area contributed by atoms with Crippen molar-refractivity contribution in [2.75, 3.05) is 6.54 Å². The number of alkyl halides is 3. The Labute approximate surface area is 141 Å². The van der Waals surface area contributed by atoms with Gasteiger partial charge >= 0.3 is 6.18 Å². The van der Waals surface area contributed by atoms with Crippen LogP contribution >= 0.6 is 0 Å². The predicted molar refractivity (Wildman–Crippen MR) is 86.9 cm³/mol. The molecule has 2 aromatic carbocycles. The molecule has 0 aliphatic carbocycles. The first-order chi connectivity index (χ1) is 11.9. The Balaban J connectivity index is 1.63. The molecule has 0 aliphatic rings. The maximum absolute atomic E-state index is 12.6. The fourth-order valence-electron chi connectivity index (χ4n) is 2.22. The molecule has 1 heterocycles. The Morgan fingerprint density at radius 2 is 1.88 bits per heavy atom. The summed E-state index contributed by atoms with van der Waals surface area (Å²) < 4.78 is 43.3. The summed E-state index contributed by atoms with van der Waals surface area (Å²) >= 11 is 0. The Bertz CT molecular complexity index is 944. The number of fused-ring (bicyclic) bond motifs is 1. The lowest BCUT2D eigenvalue weighted by Crippen LogP contribution is -2.22. The molecule has 0 fully saturated rings. The highest BCUT2D eigenvalue weighted by molar-refractivity contribution is 5.96. The van der Waals surface area contributed by atoms with Crippen molar-refractivity contribution in [1.29, 1.82) is 0 Å². The first-order valence-electron chi connectivity index (χ1n) is 7.36. The lowest BCUT2D eigenvalue weighted by Gasteiger charge is -2.05. The second-order valence-electron chi connectivity index (χ2n) is 5.21. The van der Waals surface area contributed by atoms with Gasteiger partial charge in [0.1, 0.15) is 5.58 Å². The molecule has 0 aliphatic heterocycles. The van der Waals surface area contributed by atoms with E-state index in [1.165, 1.54) is 12.1 Å². The Kier molecular flexibility index (Phi) is 4.48. The van der Waals surface area contributed by atoms with Crippen LogP contribution in [0.2, 0.25) is 0 Å². The van der Waals surface area contributed by atoms with Crippen molar-refractivity contribution in [2.24, 2.45) is 0 Å².